The van der Waals surface area contributed by atoms with E-state index in [1.807, 2.05) is 11.8 Å². The lowest BCUT2D eigenvalue weighted by molar-refractivity contribution is 0.726. The largest absolute Gasteiger partial charge is 0.378 e. The number of rotatable bonds is 4. The molecule has 2 heteroatoms. The first-order valence-corrected chi connectivity index (χ1v) is 8.43. The Labute approximate surface area is 125 Å². The minimum Gasteiger partial charge on any atom is -0.378 e. The van der Waals surface area contributed by atoms with Crippen molar-refractivity contribution in [1.82, 2.24) is 0 Å². The van der Waals surface area contributed by atoms with Gasteiger partial charge in [-0.25, -0.2) is 0 Å². The first-order valence-electron chi connectivity index (χ1n) is 7.44. The second kappa shape index (κ2) is 6.36. The van der Waals surface area contributed by atoms with Crippen LogP contribution in [-0.2, 0) is 6.42 Å². The number of anilines is 1. The van der Waals surface area contributed by atoms with Crippen molar-refractivity contribution in [2.75, 3.05) is 11.1 Å². The van der Waals surface area contributed by atoms with Crippen LogP contribution in [0.2, 0.25) is 0 Å². The predicted molar refractivity (Wildman–Crippen MR) is 88.6 cm³/mol. The summed E-state index contributed by atoms with van der Waals surface area (Å²) in [6.45, 7) is 2.24. The van der Waals surface area contributed by atoms with Gasteiger partial charge in [-0.3, -0.25) is 0 Å². The molecule has 0 saturated carbocycles. The molecule has 0 spiro atoms. The van der Waals surface area contributed by atoms with E-state index in [1.165, 1.54) is 40.3 Å². The van der Waals surface area contributed by atoms with Crippen LogP contribution in [0.3, 0.4) is 0 Å². The van der Waals surface area contributed by atoms with Gasteiger partial charge in [0, 0.05) is 16.3 Å². The van der Waals surface area contributed by atoms with E-state index >= 15 is 0 Å². The van der Waals surface area contributed by atoms with Crippen LogP contribution >= 0.6 is 11.8 Å². The molecule has 20 heavy (non-hydrogen) atoms. The molecule has 0 aromatic heterocycles. The van der Waals surface area contributed by atoms with Crippen LogP contribution in [0.4, 0.5) is 5.69 Å². The summed E-state index contributed by atoms with van der Waals surface area (Å²) in [5.74, 6) is 1.20. The molecule has 0 saturated heterocycles. The lowest BCUT2D eigenvalue weighted by Gasteiger charge is -2.27. The number of hydrogen-bond acceptors (Lipinski definition) is 2. The molecule has 1 aliphatic heterocycles. The third-order valence-corrected chi connectivity index (χ3v) is 4.95. The van der Waals surface area contributed by atoms with Gasteiger partial charge < -0.3 is 5.32 Å². The first-order chi connectivity index (χ1) is 9.88. The number of nitrogens with one attached hydrogen (secondary N) is 1. The van der Waals surface area contributed by atoms with E-state index in [9.17, 15) is 0 Å². The number of thioether (sulfide) groups is 1. The van der Waals surface area contributed by atoms with Crippen LogP contribution in [0.5, 0.6) is 0 Å². The molecule has 1 aliphatic rings. The van der Waals surface area contributed by atoms with E-state index in [1.54, 1.807) is 0 Å². The van der Waals surface area contributed by atoms with Crippen molar-refractivity contribution in [1.29, 1.82) is 0 Å². The first kappa shape index (κ1) is 13.6. The minimum atomic E-state index is 0.449. The Morgan fingerprint density at radius 3 is 2.80 bits per heavy atom. The lowest BCUT2D eigenvalue weighted by Crippen LogP contribution is -2.16. The smallest absolute Gasteiger partial charge is 0.0532 e. The molecule has 1 nitrogen and oxygen atoms in total. The highest BCUT2D eigenvalue weighted by Gasteiger charge is 2.20. The van der Waals surface area contributed by atoms with Crippen molar-refractivity contribution in [2.24, 2.45) is 0 Å². The van der Waals surface area contributed by atoms with Gasteiger partial charge in [0.2, 0.25) is 0 Å². The molecule has 0 bridgehead atoms. The Balaban J connectivity index is 1.86. The summed E-state index contributed by atoms with van der Waals surface area (Å²) in [6.07, 6.45) is 3.53. The fraction of sp³-hybridized carbons (Fsp3) is 0.333. The SMILES string of the molecule is CCCc1ccccc1NC1CCSc2ccccc21. The molecule has 1 N–H and O–H groups in total. The Morgan fingerprint density at radius 1 is 1.10 bits per heavy atom. The highest BCUT2D eigenvalue weighted by atomic mass is 32.2. The molecule has 2 aromatic rings. The third-order valence-electron chi connectivity index (χ3n) is 3.82. The number of aryl methyl sites for hydroxylation is 1. The molecule has 104 valence electrons. The Hall–Kier alpha value is -1.41. The number of benzene rings is 2. The summed E-state index contributed by atoms with van der Waals surface area (Å²) in [5, 5.41) is 3.78. The Kier molecular flexibility index (Phi) is 4.31. The molecule has 0 amide bonds. The van der Waals surface area contributed by atoms with E-state index in [4.69, 9.17) is 0 Å². The third kappa shape index (κ3) is 2.85. The molecule has 0 aliphatic carbocycles. The second-order valence-electron chi connectivity index (χ2n) is 5.28. The second-order valence-corrected chi connectivity index (χ2v) is 6.42. The zero-order valence-corrected chi connectivity index (χ0v) is 12.7. The maximum absolute atomic E-state index is 3.78. The van der Waals surface area contributed by atoms with Crippen molar-refractivity contribution in [3.8, 4) is 0 Å². The summed E-state index contributed by atoms with van der Waals surface area (Å²) in [6, 6.07) is 18.0. The molecule has 1 atom stereocenters. The van der Waals surface area contributed by atoms with Crippen LogP contribution in [-0.4, -0.2) is 5.75 Å². The van der Waals surface area contributed by atoms with Crippen molar-refractivity contribution < 1.29 is 0 Å². The molecule has 0 radical (unpaired) electrons. The van der Waals surface area contributed by atoms with Gasteiger partial charge in [0.15, 0.2) is 0 Å². The molecule has 1 heterocycles. The summed E-state index contributed by atoms with van der Waals surface area (Å²) in [4.78, 5) is 1.43. The maximum atomic E-state index is 3.78. The lowest BCUT2D eigenvalue weighted by atomic mass is 10.0. The standard InChI is InChI=1S/C18H21NS/c1-2-7-14-8-3-5-10-16(14)19-17-12-13-20-18-11-6-4-9-15(17)18/h3-6,8-11,17,19H,2,7,12-13H2,1H3. The average molecular weight is 283 g/mol. The summed E-state index contributed by atoms with van der Waals surface area (Å²) in [7, 11) is 0. The van der Waals surface area contributed by atoms with Gasteiger partial charge in [0.1, 0.15) is 0 Å². The van der Waals surface area contributed by atoms with Crippen LogP contribution in [0.1, 0.15) is 36.9 Å². The zero-order chi connectivity index (χ0) is 13.8. The van der Waals surface area contributed by atoms with E-state index in [-0.39, 0.29) is 0 Å². The molecule has 0 fully saturated rings. The number of fused-ring (bicyclic) bond motifs is 1. The normalized spacial score (nSPS) is 17.6. The molecule has 1 unspecified atom stereocenters. The average Bonchev–Trinajstić information content (AvgIpc) is 2.50. The fourth-order valence-electron chi connectivity index (χ4n) is 2.83. The summed E-state index contributed by atoms with van der Waals surface area (Å²) in [5.41, 5.74) is 4.20. The van der Waals surface area contributed by atoms with Crippen LogP contribution < -0.4 is 5.32 Å². The summed E-state index contributed by atoms with van der Waals surface area (Å²) >= 11 is 1.98. The van der Waals surface area contributed by atoms with Crippen molar-refractivity contribution >= 4 is 17.4 Å². The predicted octanol–water partition coefficient (Wildman–Crippen LogP) is 5.29. The van der Waals surface area contributed by atoms with Gasteiger partial charge >= 0.3 is 0 Å². The molecular formula is C18H21NS. The van der Waals surface area contributed by atoms with Crippen molar-refractivity contribution in [2.45, 2.75) is 37.1 Å². The minimum absolute atomic E-state index is 0.449. The van der Waals surface area contributed by atoms with Crippen LogP contribution in [0.15, 0.2) is 53.4 Å². The molecular weight excluding hydrogens is 262 g/mol. The quantitative estimate of drug-likeness (QED) is 0.818. The van der Waals surface area contributed by atoms with E-state index in [2.05, 4.69) is 60.8 Å². The van der Waals surface area contributed by atoms with Gasteiger partial charge in [-0.2, -0.15) is 0 Å². The fourth-order valence-corrected chi connectivity index (χ4v) is 3.95. The zero-order valence-electron chi connectivity index (χ0n) is 11.9. The summed E-state index contributed by atoms with van der Waals surface area (Å²) < 4.78 is 0. The monoisotopic (exact) mass is 283 g/mol. The van der Waals surface area contributed by atoms with Crippen LogP contribution in [0.25, 0.3) is 0 Å². The van der Waals surface area contributed by atoms with Crippen LogP contribution in [0, 0.1) is 0 Å². The molecule has 3 rings (SSSR count). The number of hydrogen-bond donors (Lipinski definition) is 1. The van der Waals surface area contributed by atoms with E-state index < -0.39 is 0 Å². The highest BCUT2D eigenvalue weighted by molar-refractivity contribution is 7.99. The number of para-hydroxylation sites is 1. The van der Waals surface area contributed by atoms with Gasteiger partial charge in [-0.05, 0) is 36.1 Å². The van der Waals surface area contributed by atoms with E-state index in [0.717, 1.165) is 6.42 Å². The van der Waals surface area contributed by atoms with Gasteiger partial charge in [-0.15, -0.1) is 11.8 Å². The van der Waals surface area contributed by atoms with Crippen molar-refractivity contribution in [3.05, 3.63) is 59.7 Å². The van der Waals surface area contributed by atoms with Gasteiger partial charge in [0.05, 0.1) is 6.04 Å². The maximum Gasteiger partial charge on any atom is 0.0532 e. The van der Waals surface area contributed by atoms with E-state index in [0.29, 0.717) is 6.04 Å². The van der Waals surface area contributed by atoms with Gasteiger partial charge in [-0.1, -0.05) is 49.7 Å². The highest BCUT2D eigenvalue weighted by Crippen LogP contribution is 2.38. The van der Waals surface area contributed by atoms with Gasteiger partial charge in [0.25, 0.3) is 0 Å². The topological polar surface area (TPSA) is 12.0 Å². The van der Waals surface area contributed by atoms with Crippen molar-refractivity contribution in [3.63, 3.8) is 0 Å². The Bertz CT molecular complexity index is 579. The molecule has 2 aromatic carbocycles. The Morgan fingerprint density at radius 2 is 1.90 bits per heavy atom.